The van der Waals surface area contributed by atoms with Crippen LogP contribution in [0.5, 0.6) is 0 Å². The van der Waals surface area contributed by atoms with Crippen molar-refractivity contribution in [1.29, 1.82) is 0 Å². The van der Waals surface area contributed by atoms with Crippen LogP contribution in [0, 0.1) is 17.8 Å². The molecule has 1 rings (SSSR count). The Morgan fingerprint density at radius 2 is 1.58 bits per heavy atom. The summed E-state index contributed by atoms with van der Waals surface area (Å²) in [6.45, 7) is 18.9. The third-order valence-corrected chi connectivity index (χ3v) is 4.72. The highest BCUT2D eigenvalue weighted by Gasteiger charge is 2.33. The third-order valence-electron chi connectivity index (χ3n) is 4.72. The van der Waals surface area contributed by atoms with E-state index in [1.807, 2.05) is 0 Å². The molecule has 1 N–H and O–H groups in total. The molecule has 1 aliphatic rings. The lowest BCUT2D eigenvalue weighted by Gasteiger charge is -2.46. The van der Waals surface area contributed by atoms with Crippen molar-refractivity contribution in [2.24, 2.45) is 17.8 Å². The maximum atomic E-state index is 3.76. The Balaban J connectivity index is 2.65. The fourth-order valence-corrected chi connectivity index (χ4v) is 3.13. The zero-order valence-corrected chi connectivity index (χ0v) is 14.2. The first-order valence-electron chi connectivity index (χ1n) is 8.32. The standard InChI is InChI=1S/C17H36N2/c1-12(2)8-9-15(7)19-11-16(13(3)4)18-10-17(19)14(5)6/h12-18H,8-11H2,1-7H3. The maximum absolute atomic E-state index is 3.76. The van der Waals surface area contributed by atoms with Gasteiger partial charge in [-0.3, -0.25) is 4.90 Å². The Morgan fingerprint density at radius 1 is 0.947 bits per heavy atom. The minimum absolute atomic E-state index is 0.663. The van der Waals surface area contributed by atoms with Crippen molar-refractivity contribution in [3.8, 4) is 0 Å². The van der Waals surface area contributed by atoms with Gasteiger partial charge in [0.1, 0.15) is 0 Å². The molecule has 1 saturated heterocycles. The molecule has 1 aliphatic heterocycles. The highest BCUT2D eigenvalue weighted by molar-refractivity contribution is 4.91. The van der Waals surface area contributed by atoms with Gasteiger partial charge in [-0.1, -0.05) is 41.5 Å². The van der Waals surface area contributed by atoms with Crippen LogP contribution >= 0.6 is 0 Å². The molecule has 0 spiro atoms. The van der Waals surface area contributed by atoms with E-state index in [9.17, 15) is 0 Å². The first kappa shape index (κ1) is 17.0. The van der Waals surface area contributed by atoms with Gasteiger partial charge in [0.2, 0.25) is 0 Å². The average Bonchev–Trinajstić information content (AvgIpc) is 2.34. The topological polar surface area (TPSA) is 15.3 Å². The van der Waals surface area contributed by atoms with Gasteiger partial charge in [0.15, 0.2) is 0 Å². The summed E-state index contributed by atoms with van der Waals surface area (Å²) in [4.78, 5) is 2.79. The summed E-state index contributed by atoms with van der Waals surface area (Å²) < 4.78 is 0. The van der Waals surface area contributed by atoms with Crippen molar-refractivity contribution in [2.75, 3.05) is 13.1 Å². The Bertz CT molecular complexity index is 248. The van der Waals surface area contributed by atoms with Crippen LogP contribution in [0.1, 0.15) is 61.3 Å². The molecular formula is C17H36N2. The second-order valence-corrected chi connectivity index (χ2v) is 7.59. The number of rotatable bonds is 6. The SMILES string of the molecule is CC(C)CCC(C)N1CC(C(C)C)NCC1C(C)C. The van der Waals surface area contributed by atoms with Crippen molar-refractivity contribution in [2.45, 2.75) is 79.4 Å². The van der Waals surface area contributed by atoms with Crippen LogP contribution in [0.3, 0.4) is 0 Å². The molecule has 0 aromatic carbocycles. The molecule has 0 aliphatic carbocycles. The van der Waals surface area contributed by atoms with Crippen molar-refractivity contribution in [1.82, 2.24) is 10.2 Å². The molecule has 3 atom stereocenters. The first-order valence-corrected chi connectivity index (χ1v) is 8.32. The predicted molar refractivity (Wildman–Crippen MR) is 85.5 cm³/mol. The van der Waals surface area contributed by atoms with Crippen molar-refractivity contribution in [3.05, 3.63) is 0 Å². The largest absolute Gasteiger partial charge is 0.311 e. The van der Waals surface area contributed by atoms with E-state index in [4.69, 9.17) is 0 Å². The Labute approximate surface area is 121 Å². The fourth-order valence-electron chi connectivity index (χ4n) is 3.13. The normalized spacial score (nSPS) is 27.5. The van der Waals surface area contributed by atoms with Gasteiger partial charge in [-0.05, 0) is 37.5 Å². The predicted octanol–water partition coefficient (Wildman–Crippen LogP) is 3.77. The molecular weight excluding hydrogens is 232 g/mol. The van der Waals surface area contributed by atoms with Crippen LogP contribution in [0.25, 0.3) is 0 Å². The number of hydrogen-bond donors (Lipinski definition) is 1. The molecule has 0 aromatic rings. The zero-order chi connectivity index (χ0) is 14.6. The number of piperazine rings is 1. The van der Waals surface area contributed by atoms with Crippen LogP contribution in [0.15, 0.2) is 0 Å². The molecule has 19 heavy (non-hydrogen) atoms. The van der Waals surface area contributed by atoms with Crippen LogP contribution < -0.4 is 5.32 Å². The van der Waals surface area contributed by atoms with E-state index < -0.39 is 0 Å². The van der Waals surface area contributed by atoms with Gasteiger partial charge < -0.3 is 5.32 Å². The number of hydrogen-bond acceptors (Lipinski definition) is 2. The molecule has 0 aromatic heterocycles. The molecule has 3 unspecified atom stereocenters. The van der Waals surface area contributed by atoms with E-state index in [1.165, 1.54) is 19.4 Å². The van der Waals surface area contributed by atoms with E-state index in [2.05, 4.69) is 58.7 Å². The summed E-state index contributed by atoms with van der Waals surface area (Å²) >= 11 is 0. The summed E-state index contributed by atoms with van der Waals surface area (Å²) in [5.41, 5.74) is 0. The summed E-state index contributed by atoms with van der Waals surface area (Å²) in [6.07, 6.45) is 2.69. The van der Waals surface area contributed by atoms with Gasteiger partial charge >= 0.3 is 0 Å². The molecule has 0 bridgehead atoms. The van der Waals surface area contributed by atoms with E-state index in [1.54, 1.807) is 0 Å². The Morgan fingerprint density at radius 3 is 2.05 bits per heavy atom. The number of nitrogens with zero attached hydrogens (tertiary/aromatic N) is 1. The van der Waals surface area contributed by atoms with E-state index in [-0.39, 0.29) is 0 Å². The lowest BCUT2D eigenvalue weighted by molar-refractivity contribution is 0.0467. The van der Waals surface area contributed by atoms with Crippen LogP contribution in [-0.4, -0.2) is 36.1 Å². The molecule has 1 heterocycles. The van der Waals surface area contributed by atoms with Gasteiger partial charge in [-0.2, -0.15) is 0 Å². The summed E-state index contributed by atoms with van der Waals surface area (Å²) in [6, 6.07) is 2.09. The lowest BCUT2D eigenvalue weighted by atomic mass is 9.91. The van der Waals surface area contributed by atoms with E-state index in [0.29, 0.717) is 12.1 Å². The highest BCUT2D eigenvalue weighted by Crippen LogP contribution is 2.23. The average molecular weight is 268 g/mol. The van der Waals surface area contributed by atoms with Gasteiger partial charge in [0.25, 0.3) is 0 Å². The Hall–Kier alpha value is -0.0800. The number of nitrogens with one attached hydrogen (secondary N) is 1. The molecule has 114 valence electrons. The molecule has 0 amide bonds. The molecule has 0 saturated carbocycles. The summed E-state index contributed by atoms with van der Waals surface area (Å²) in [5, 5.41) is 3.76. The molecule has 1 fully saturated rings. The van der Waals surface area contributed by atoms with Crippen LogP contribution in [-0.2, 0) is 0 Å². The van der Waals surface area contributed by atoms with E-state index >= 15 is 0 Å². The second kappa shape index (κ2) is 7.64. The van der Waals surface area contributed by atoms with Crippen molar-refractivity contribution < 1.29 is 0 Å². The molecule has 0 radical (unpaired) electrons. The summed E-state index contributed by atoms with van der Waals surface area (Å²) in [7, 11) is 0. The smallest absolute Gasteiger partial charge is 0.0247 e. The van der Waals surface area contributed by atoms with Crippen molar-refractivity contribution in [3.63, 3.8) is 0 Å². The second-order valence-electron chi connectivity index (χ2n) is 7.59. The molecule has 2 heteroatoms. The van der Waals surface area contributed by atoms with Gasteiger partial charge in [-0.25, -0.2) is 0 Å². The van der Waals surface area contributed by atoms with E-state index in [0.717, 1.165) is 30.3 Å². The lowest BCUT2D eigenvalue weighted by Crippen LogP contribution is -2.61. The molecule has 2 nitrogen and oxygen atoms in total. The van der Waals surface area contributed by atoms with Crippen molar-refractivity contribution >= 4 is 0 Å². The van der Waals surface area contributed by atoms with Gasteiger partial charge in [0, 0.05) is 31.2 Å². The van der Waals surface area contributed by atoms with Crippen LogP contribution in [0.2, 0.25) is 0 Å². The van der Waals surface area contributed by atoms with Crippen LogP contribution in [0.4, 0.5) is 0 Å². The summed E-state index contributed by atoms with van der Waals surface area (Å²) in [5.74, 6) is 2.29. The quantitative estimate of drug-likeness (QED) is 0.789. The third kappa shape index (κ3) is 5.07. The minimum atomic E-state index is 0.663. The minimum Gasteiger partial charge on any atom is -0.311 e. The highest BCUT2D eigenvalue weighted by atomic mass is 15.3. The zero-order valence-electron chi connectivity index (χ0n) is 14.2. The van der Waals surface area contributed by atoms with Gasteiger partial charge in [-0.15, -0.1) is 0 Å². The Kier molecular flexibility index (Phi) is 6.82. The maximum Gasteiger partial charge on any atom is 0.0247 e. The monoisotopic (exact) mass is 268 g/mol. The van der Waals surface area contributed by atoms with Gasteiger partial charge in [0.05, 0.1) is 0 Å². The fraction of sp³-hybridized carbons (Fsp3) is 1.00. The first-order chi connectivity index (χ1) is 8.82.